The van der Waals surface area contributed by atoms with Gasteiger partial charge in [-0.25, -0.2) is 4.79 Å². The van der Waals surface area contributed by atoms with Crippen LogP contribution in [0.1, 0.15) is 49.4 Å². The van der Waals surface area contributed by atoms with Crippen molar-refractivity contribution < 1.29 is 19.1 Å². The van der Waals surface area contributed by atoms with Crippen LogP contribution in [0.2, 0.25) is 0 Å². The number of hydrogen-bond acceptors (Lipinski definition) is 5. The summed E-state index contributed by atoms with van der Waals surface area (Å²) in [6.07, 6.45) is 3.74. The fourth-order valence-electron chi connectivity index (χ4n) is 3.13. The van der Waals surface area contributed by atoms with Gasteiger partial charge < -0.3 is 20.7 Å². The highest BCUT2D eigenvalue weighted by Gasteiger charge is 2.33. The highest BCUT2D eigenvalue weighted by atomic mass is 35.5. The number of hydrogen-bond donors (Lipinski definition) is 2. The molecule has 1 aliphatic rings. The van der Waals surface area contributed by atoms with Crippen molar-refractivity contribution >= 4 is 35.9 Å². The van der Waals surface area contributed by atoms with Gasteiger partial charge in [-0.3, -0.25) is 9.59 Å². The van der Waals surface area contributed by atoms with E-state index in [1.165, 1.54) is 7.11 Å². The Kier molecular flexibility index (Phi) is 9.25. The summed E-state index contributed by atoms with van der Waals surface area (Å²) < 4.78 is 4.83. The Hall–Kier alpha value is -2.12. The Morgan fingerprint density at radius 1 is 1.33 bits per heavy atom. The summed E-state index contributed by atoms with van der Waals surface area (Å²) in [4.78, 5) is 38.5. The summed E-state index contributed by atoms with van der Waals surface area (Å²) in [5, 5.41) is 2.74. The number of ether oxygens (including phenoxy) is 1. The molecule has 0 bridgehead atoms. The number of carbonyl (C=O) groups is 3. The molecule has 8 heteroatoms. The van der Waals surface area contributed by atoms with E-state index in [4.69, 9.17) is 10.5 Å². The normalized spacial score (nSPS) is 17.4. The van der Waals surface area contributed by atoms with Gasteiger partial charge in [0.15, 0.2) is 0 Å². The third-order valence-corrected chi connectivity index (χ3v) is 4.55. The first kappa shape index (κ1) is 22.9. The number of anilines is 1. The maximum Gasteiger partial charge on any atom is 0.328 e. The second-order valence-electron chi connectivity index (χ2n) is 6.50. The molecule has 27 heavy (non-hydrogen) atoms. The van der Waals surface area contributed by atoms with E-state index in [-0.39, 0.29) is 24.2 Å². The first-order chi connectivity index (χ1) is 12.5. The van der Waals surface area contributed by atoms with Gasteiger partial charge in [0.05, 0.1) is 13.2 Å². The molecule has 2 atom stereocenters. The van der Waals surface area contributed by atoms with Gasteiger partial charge in [-0.1, -0.05) is 19.4 Å². The molecule has 1 fully saturated rings. The van der Waals surface area contributed by atoms with Crippen molar-refractivity contribution in [2.24, 2.45) is 5.73 Å². The number of rotatable bonds is 6. The van der Waals surface area contributed by atoms with Crippen LogP contribution in [0.3, 0.4) is 0 Å². The van der Waals surface area contributed by atoms with E-state index in [1.54, 1.807) is 29.2 Å². The molecule has 2 unspecified atom stereocenters. The van der Waals surface area contributed by atoms with Crippen LogP contribution in [0.5, 0.6) is 0 Å². The minimum Gasteiger partial charge on any atom is -0.467 e. The number of halogens is 1. The summed E-state index contributed by atoms with van der Waals surface area (Å²) in [6.45, 7) is 2.47. The lowest BCUT2D eigenvalue weighted by atomic mass is 10.0. The van der Waals surface area contributed by atoms with Gasteiger partial charge in [0.25, 0.3) is 5.91 Å². The number of methoxy groups -OCH3 is 1. The fraction of sp³-hybridized carbons (Fsp3) is 0.526. The molecule has 1 aromatic carbocycles. The van der Waals surface area contributed by atoms with E-state index in [1.807, 2.05) is 6.92 Å². The van der Waals surface area contributed by atoms with Crippen molar-refractivity contribution in [2.45, 2.75) is 51.1 Å². The third kappa shape index (κ3) is 5.94. The molecule has 3 N–H and O–H groups in total. The highest BCUT2D eigenvalue weighted by Crippen LogP contribution is 2.22. The zero-order valence-corrected chi connectivity index (χ0v) is 16.6. The van der Waals surface area contributed by atoms with Gasteiger partial charge in [0, 0.05) is 17.8 Å². The zero-order chi connectivity index (χ0) is 19.1. The van der Waals surface area contributed by atoms with Gasteiger partial charge in [-0.2, -0.15) is 0 Å². The minimum absolute atomic E-state index is 0. The molecule has 0 spiro atoms. The molecule has 7 nitrogen and oxygen atoms in total. The van der Waals surface area contributed by atoms with E-state index in [0.717, 1.165) is 19.3 Å². The summed E-state index contributed by atoms with van der Waals surface area (Å²) in [7, 11) is 1.33. The maximum absolute atomic E-state index is 12.9. The Labute approximate surface area is 166 Å². The largest absolute Gasteiger partial charge is 0.467 e. The van der Waals surface area contributed by atoms with Gasteiger partial charge >= 0.3 is 5.97 Å². The molecule has 0 aromatic heterocycles. The summed E-state index contributed by atoms with van der Waals surface area (Å²) in [6, 6.07) is 5.56. The van der Waals surface area contributed by atoms with Crippen LogP contribution in [-0.2, 0) is 14.3 Å². The number of amides is 2. The molecule has 1 aromatic rings. The first-order valence-electron chi connectivity index (χ1n) is 9.03. The molecule has 1 heterocycles. The van der Waals surface area contributed by atoms with Crippen LogP contribution in [0.15, 0.2) is 24.3 Å². The van der Waals surface area contributed by atoms with E-state index >= 15 is 0 Å². The predicted octanol–water partition coefficient (Wildman–Crippen LogP) is 2.34. The Morgan fingerprint density at radius 3 is 2.74 bits per heavy atom. The number of benzene rings is 1. The quantitative estimate of drug-likeness (QED) is 0.717. The van der Waals surface area contributed by atoms with Gasteiger partial charge in [-0.05, 0) is 43.9 Å². The van der Waals surface area contributed by atoms with Crippen molar-refractivity contribution in [3.63, 3.8) is 0 Å². The molecular formula is C19H28ClN3O4. The second kappa shape index (κ2) is 10.9. The molecule has 0 radical (unpaired) electrons. The number of likely N-dealkylation sites (tertiary alicyclic amines) is 1. The first-order valence-corrected chi connectivity index (χ1v) is 9.03. The molecule has 150 valence electrons. The highest BCUT2D eigenvalue weighted by molar-refractivity contribution is 5.99. The zero-order valence-electron chi connectivity index (χ0n) is 15.8. The van der Waals surface area contributed by atoms with Crippen molar-refractivity contribution in [2.75, 3.05) is 19.0 Å². The Bertz CT molecular complexity index is 668. The lowest BCUT2D eigenvalue weighted by Gasteiger charge is -2.33. The van der Waals surface area contributed by atoms with E-state index < -0.39 is 18.1 Å². The third-order valence-electron chi connectivity index (χ3n) is 4.55. The standard InChI is InChI=1S/C19H27N3O4.ClH/c1-3-7-15(20)17(23)21-14-9-6-8-13(12-14)18(24)22-11-5-4-10-16(22)19(25)26-2;/h6,8-9,12,15-16H,3-5,7,10-11,20H2,1-2H3,(H,21,23);1H. The van der Waals surface area contributed by atoms with Crippen molar-refractivity contribution in [3.8, 4) is 0 Å². The number of carbonyl (C=O) groups excluding carboxylic acids is 3. The number of nitrogens with zero attached hydrogens (tertiary/aromatic N) is 1. The van der Waals surface area contributed by atoms with E-state index in [9.17, 15) is 14.4 Å². The van der Waals surface area contributed by atoms with Crippen LogP contribution >= 0.6 is 12.4 Å². The topological polar surface area (TPSA) is 102 Å². The second-order valence-corrected chi connectivity index (χ2v) is 6.50. The summed E-state index contributed by atoms with van der Waals surface area (Å²) >= 11 is 0. The maximum atomic E-state index is 12.9. The average molecular weight is 398 g/mol. The number of esters is 1. The van der Waals surface area contributed by atoms with Crippen LogP contribution < -0.4 is 11.1 Å². The van der Waals surface area contributed by atoms with Crippen LogP contribution in [0.4, 0.5) is 5.69 Å². The van der Waals surface area contributed by atoms with Crippen LogP contribution in [0.25, 0.3) is 0 Å². The number of nitrogens with one attached hydrogen (secondary N) is 1. The van der Waals surface area contributed by atoms with Crippen molar-refractivity contribution in [3.05, 3.63) is 29.8 Å². The Balaban J connectivity index is 0.00000364. The van der Waals surface area contributed by atoms with Crippen molar-refractivity contribution in [1.82, 2.24) is 4.90 Å². The lowest BCUT2D eigenvalue weighted by Crippen LogP contribution is -2.48. The van der Waals surface area contributed by atoms with E-state index in [0.29, 0.717) is 30.6 Å². The predicted molar refractivity (Wildman–Crippen MR) is 106 cm³/mol. The van der Waals surface area contributed by atoms with Gasteiger partial charge in [0.1, 0.15) is 6.04 Å². The number of piperidine rings is 1. The molecule has 0 saturated carbocycles. The van der Waals surface area contributed by atoms with Crippen molar-refractivity contribution in [1.29, 1.82) is 0 Å². The van der Waals surface area contributed by atoms with E-state index in [2.05, 4.69) is 5.32 Å². The molecule has 2 amide bonds. The lowest BCUT2D eigenvalue weighted by molar-refractivity contribution is -0.147. The van der Waals surface area contributed by atoms with Gasteiger partial charge in [0.2, 0.25) is 5.91 Å². The SMILES string of the molecule is CCCC(N)C(=O)Nc1cccc(C(=O)N2CCCCC2C(=O)OC)c1.Cl. The fourth-order valence-corrected chi connectivity index (χ4v) is 3.13. The van der Waals surface area contributed by atoms with Crippen LogP contribution in [-0.4, -0.2) is 48.4 Å². The molecule has 0 aliphatic carbocycles. The molecule has 1 saturated heterocycles. The monoisotopic (exact) mass is 397 g/mol. The summed E-state index contributed by atoms with van der Waals surface area (Å²) in [5.74, 6) is -0.913. The molecule has 2 rings (SSSR count). The van der Waals surface area contributed by atoms with Crippen LogP contribution in [0, 0.1) is 0 Å². The average Bonchev–Trinajstić information content (AvgIpc) is 2.67. The van der Waals surface area contributed by atoms with Gasteiger partial charge in [-0.15, -0.1) is 12.4 Å². The molecular weight excluding hydrogens is 370 g/mol. The smallest absolute Gasteiger partial charge is 0.328 e. The summed E-state index contributed by atoms with van der Waals surface area (Å²) in [5.41, 5.74) is 6.75. The number of nitrogens with two attached hydrogens (primary N) is 1. The minimum atomic E-state index is -0.579. The molecule has 1 aliphatic heterocycles. The Morgan fingerprint density at radius 2 is 2.07 bits per heavy atom.